The van der Waals surface area contributed by atoms with Crippen LogP contribution in [0.15, 0.2) is 10.8 Å². The summed E-state index contributed by atoms with van der Waals surface area (Å²) in [6, 6.07) is -1.51. The lowest BCUT2D eigenvalue weighted by atomic mass is 9.83. The van der Waals surface area contributed by atoms with Gasteiger partial charge in [0, 0.05) is 55.4 Å². The van der Waals surface area contributed by atoms with E-state index in [1.165, 1.54) is 25.4 Å². The van der Waals surface area contributed by atoms with E-state index in [-0.39, 0.29) is 53.9 Å². The number of methoxy groups -OCH3 is 1. The Hall–Kier alpha value is -3.43. The smallest absolute Gasteiger partial charge is 0.308 e. The topological polar surface area (TPSA) is 160 Å². The molecule has 54 heavy (non-hydrogen) atoms. The highest BCUT2D eigenvalue weighted by molar-refractivity contribution is 7.10. The Morgan fingerprint density at radius 2 is 1.72 bits per heavy atom. The van der Waals surface area contributed by atoms with Crippen LogP contribution in [-0.2, 0) is 35.1 Å². The number of aryl methyl sites for hydroxylation is 2. The van der Waals surface area contributed by atoms with Crippen LogP contribution in [0.3, 0.4) is 0 Å². The Balaban J connectivity index is 1.27. The normalized spacial score (nSPS) is 22.1. The second-order valence-corrected chi connectivity index (χ2v) is 17.7. The van der Waals surface area contributed by atoms with E-state index in [0.717, 1.165) is 55.9 Å². The molecule has 13 nitrogen and oxygen atoms in total. The molecule has 6 atom stereocenters. The van der Waals surface area contributed by atoms with Gasteiger partial charge in [0.2, 0.25) is 11.8 Å². The second-order valence-electron chi connectivity index (χ2n) is 15.9. The Morgan fingerprint density at radius 3 is 2.30 bits per heavy atom. The van der Waals surface area contributed by atoms with Gasteiger partial charge in [-0.15, -0.1) is 22.7 Å². The minimum atomic E-state index is -0.804. The average molecular weight is 787 g/mol. The second kappa shape index (κ2) is 18.9. The number of carbonyl (C=O) groups excluding carboxylic acids is 5. The number of hydrogen-bond acceptors (Lipinski definition) is 12. The lowest BCUT2D eigenvalue weighted by molar-refractivity contribution is -0.149. The summed E-state index contributed by atoms with van der Waals surface area (Å²) < 4.78 is 10.8. The van der Waals surface area contributed by atoms with Crippen molar-refractivity contribution < 1.29 is 33.4 Å². The third-order valence-corrected chi connectivity index (χ3v) is 13.2. The molecule has 0 spiro atoms. The van der Waals surface area contributed by atoms with Gasteiger partial charge in [-0.25, -0.2) is 9.97 Å². The first-order chi connectivity index (χ1) is 25.7. The molecule has 0 unspecified atom stereocenters. The zero-order valence-corrected chi connectivity index (χ0v) is 34.4. The number of amides is 3. The van der Waals surface area contributed by atoms with Crippen LogP contribution < -0.4 is 10.6 Å². The molecule has 2 aromatic heterocycles. The number of nitrogens with zero attached hydrogens (tertiary/aromatic N) is 4. The Bertz CT molecular complexity index is 1620. The third-order valence-electron chi connectivity index (χ3n) is 11.2. The number of hydrogen-bond donors (Lipinski definition) is 2. The van der Waals surface area contributed by atoms with Crippen LogP contribution in [0.2, 0.25) is 0 Å². The summed E-state index contributed by atoms with van der Waals surface area (Å²) in [5.74, 6) is -0.904. The third kappa shape index (κ3) is 11.3. The zero-order valence-electron chi connectivity index (χ0n) is 32.8. The summed E-state index contributed by atoms with van der Waals surface area (Å²) in [4.78, 5) is 79.2. The highest BCUT2D eigenvalue weighted by Gasteiger charge is 2.41. The standard InChI is InChI=1S/C39H58N6O7S2/c1-22(2)31(44(6)38(49)29(17-26-8-9-26)42-36(48)32-18-27-12-14-45(32)15-13-27)19-33(52-25(5)46)37-43-30(21-54-37)35(47)41-28(16-23(3)39(50)51-7)10-11-34-40-24(4)20-53-34/h20-23,26-29,31-33H,8-19H2,1-7H3,(H,41,47)(H,42,48)/t23-,28-,29-,31+,32+,33+/m0/s1. The van der Waals surface area contributed by atoms with Gasteiger partial charge < -0.3 is 25.0 Å². The molecular weight excluding hydrogens is 729 g/mol. The molecule has 3 aliphatic heterocycles. The summed E-state index contributed by atoms with van der Waals surface area (Å²) in [5, 5.41) is 11.3. The predicted octanol–water partition coefficient (Wildman–Crippen LogP) is 5.08. The van der Waals surface area contributed by atoms with Crippen LogP contribution in [0.1, 0.15) is 118 Å². The number of ether oxygens (including phenoxy) is 2. The van der Waals surface area contributed by atoms with Gasteiger partial charge in [0.1, 0.15) is 16.7 Å². The maximum atomic E-state index is 14.2. The number of likely N-dealkylation sites (N-methyl/N-ethyl adjacent to an activating group) is 1. The summed E-state index contributed by atoms with van der Waals surface area (Å²) in [7, 11) is 3.11. The van der Waals surface area contributed by atoms with E-state index in [1.807, 2.05) is 26.2 Å². The van der Waals surface area contributed by atoms with Gasteiger partial charge in [-0.2, -0.15) is 0 Å². The first-order valence-electron chi connectivity index (χ1n) is 19.5. The fourth-order valence-electron chi connectivity index (χ4n) is 7.91. The molecule has 1 saturated carbocycles. The Labute approximate surface area is 327 Å². The molecular formula is C39H58N6O7S2. The van der Waals surface area contributed by atoms with Crippen LogP contribution >= 0.6 is 22.7 Å². The number of esters is 2. The Morgan fingerprint density at radius 1 is 1.00 bits per heavy atom. The van der Waals surface area contributed by atoms with E-state index in [9.17, 15) is 24.0 Å². The zero-order chi connectivity index (χ0) is 39.1. The molecule has 3 saturated heterocycles. The van der Waals surface area contributed by atoms with E-state index in [0.29, 0.717) is 42.5 Å². The van der Waals surface area contributed by atoms with E-state index >= 15 is 0 Å². The van der Waals surface area contributed by atoms with Crippen LogP contribution in [0.5, 0.6) is 0 Å². The van der Waals surface area contributed by atoms with Gasteiger partial charge in [-0.05, 0) is 76.3 Å². The molecule has 15 heteroatoms. The molecule has 2 aromatic rings. The largest absolute Gasteiger partial charge is 0.469 e. The van der Waals surface area contributed by atoms with E-state index in [2.05, 4.69) is 25.5 Å². The van der Waals surface area contributed by atoms with Crippen molar-refractivity contribution >= 4 is 52.3 Å². The number of carbonyl (C=O) groups is 5. The number of piperidine rings is 3. The molecule has 0 aromatic carbocycles. The molecule has 2 bridgehead atoms. The first kappa shape index (κ1) is 41.7. The number of thiazole rings is 2. The lowest BCUT2D eigenvalue weighted by Crippen LogP contribution is -2.59. The minimum Gasteiger partial charge on any atom is -0.469 e. The van der Waals surface area contributed by atoms with Crippen molar-refractivity contribution in [3.63, 3.8) is 0 Å². The lowest BCUT2D eigenvalue weighted by Gasteiger charge is -2.45. The van der Waals surface area contributed by atoms with E-state index in [1.54, 1.807) is 35.6 Å². The number of aromatic nitrogens is 2. The fraction of sp³-hybridized carbons (Fsp3) is 0.718. The molecule has 0 radical (unpaired) electrons. The fourth-order valence-corrected chi connectivity index (χ4v) is 9.54. The molecule has 2 N–H and O–H groups in total. The molecule has 6 rings (SSSR count). The molecule has 3 amide bonds. The van der Waals surface area contributed by atoms with Crippen LogP contribution in [-0.4, -0.2) is 101 Å². The first-order valence-corrected chi connectivity index (χ1v) is 21.2. The van der Waals surface area contributed by atoms with Crippen LogP contribution in [0.25, 0.3) is 0 Å². The van der Waals surface area contributed by atoms with Crippen molar-refractivity contribution in [3.05, 3.63) is 32.2 Å². The SMILES string of the molecule is COC(=O)[C@@H](C)C[C@H](CCc1nc(C)cs1)NC(=O)c1csc([C@@H](C[C@H](C(C)C)N(C)C(=O)[C@H](CC2CC2)NC(=O)[C@H]2CC3CCN2CC3)OC(C)=O)n1. The Kier molecular flexibility index (Phi) is 14.6. The number of nitrogens with one attached hydrogen (secondary N) is 2. The van der Waals surface area contributed by atoms with E-state index in [4.69, 9.17) is 9.47 Å². The quantitative estimate of drug-likeness (QED) is 0.184. The summed E-state index contributed by atoms with van der Waals surface area (Å²) in [5.41, 5.74) is 1.12. The summed E-state index contributed by atoms with van der Waals surface area (Å²) >= 11 is 2.78. The van der Waals surface area contributed by atoms with Crippen molar-refractivity contribution in [1.82, 2.24) is 30.4 Å². The van der Waals surface area contributed by atoms with Crippen molar-refractivity contribution in [3.8, 4) is 0 Å². The highest BCUT2D eigenvalue weighted by Crippen LogP contribution is 2.36. The molecule has 4 fully saturated rings. The van der Waals surface area contributed by atoms with Gasteiger partial charge in [-0.3, -0.25) is 28.9 Å². The highest BCUT2D eigenvalue weighted by atomic mass is 32.1. The van der Waals surface area contributed by atoms with Gasteiger partial charge >= 0.3 is 11.9 Å². The van der Waals surface area contributed by atoms with Gasteiger partial charge in [0.15, 0.2) is 6.10 Å². The van der Waals surface area contributed by atoms with Crippen LogP contribution in [0.4, 0.5) is 0 Å². The molecule has 4 aliphatic rings. The summed E-state index contributed by atoms with van der Waals surface area (Å²) in [6.07, 6.45) is 6.89. The maximum absolute atomic E-state index is 14.2. The van der Waals surface area contributed by atoms with Gasteiger partial charge in [0.05, 0.1) is 24.1 Å². The monoisotopic (exact) mass is 786 g/mol. The number of fused-ring (bicyclic) bond motifs is 3. The molecule has 1 aliphatic carbocycles. The predicted molar refractivity (Wildman–Crippen MR) is 207 cm³/mol. The minimum absolute atomic E-state index is 0.0172. The van der Waals surface area contributed by atoms with Gasteiger partial charge in [-0.1, -0.05) is 33.6 Å². The maximum Gasteiger partial charge on any atom is 0.308 e. The van der Waals surface area contributed by atoms with Crippen molar-refractivity contribution in [2.75, 3.05) is 27.2 Å². The van der Waals surface area contributed by atoms with Gasteiger partial charge in [0.25, 0.3) is 5.91 Å². The van der Waals surface area contributed by atoms with E-state index < -0.39 is 29.9 Å². The summed E-state index contributed by atoms with van der Waals surface area (Å²) in [6.45, 7) is 10.9. The van der Waals surface area contributed by atoms with Crippen LogP contribution in [0, 0.1) is 30.6 Å². The van der Waals surface area contributed by atoms with Crippen molar-refractivity contribution in [2.24, 2.45) is 23.7 Å². The number of rotatable bonds is 19. The molecule has 298 valence electrons. The average Bonchev–Trinajstić information content (AvgIpc) is 3.64. The molecule has 5 heterocycles. The van der Waals surface area contributed by atoms with Crippen molar-refractivity contribution in [2.45, 2.75) is 129 Å². The van der Waals surface area contributed by atoms with Crippen molar-refractivity contribution in [1.29, 1.82) is 0 Å².